The van der Waals surface area contributed by atoms with Crippen molar-refractivity contribution in [3.05, 3.63) is 84.1 Å². The number of hydrogen-bond donors (Lipinski definition) is 0. The molecular formula is C21H18FN3O. The maximum atomic E-state index is 13.2. The van der Waals surface area contributed by atoms with E-state index in [4.69, 9.17) is 4.74 Å². The minimum atomic E-state index is -0.252. The molecule has 5 heteroatoms. The Morgan fingerprint density at radius 2 is 1.73 bits per heavy atom. The van der Waals surface area contributed by atoms with Crippen LogP contribution in [0, 0.1) is 5.82 Å². The van der Waals surface area contributed by atoms with Crippen LogP contribution in [0.5, 0.6) is 5.75 Å². The van der Waals surface area contributed by atoms with Crippen LogP contribution in [0.25, 0.3) is 16.8 Å². The van der Waals surface area contributed by atoms with E-state index in [0.29, 0.717) is 0 Å². The van der Waals surface area contributed by atoms with Gasteiger partial charge in [-0.05, 0) is 54.3 Å². The second kappa shape index (κ2) is 6.96. The van der Waals surface area contributed by atoms with Gasteiger partial charge in [-0.1, -0.05) is 24.3 Å². The van der Waals surface area contributed by atoms with Gasteiger partial charge in [0.1, 0.15) is 11.6 Å². The van der Waals surface area contributed by atoms with E-state index in [1.54, 1.807) is 31.6 Å². The predicted octanol–water partition coefficient (Wildman–Crippen LogP) is 4.33. The van der Waals surface area contributed by atoms with E-state index in [-0.39, 0.29) is 5.82 Å². The van der Waals surface area contributed by atoms with Crippen LogP contribution in [0.3, 0.4) is 0 Å². The number of nitrogens with zero attached hydrogens (tertiary/aromatic N) is 3. The minimum absolute atomic E-state index is 0.252. The first-order chi connectivity index (χ1) is 12.7. The van der Waals surface area contributed by atoms with E-state index in [9.17, 15) is 4.39 Å². The molecule has 4 rings (SSSR count). The van der Waals surface area contributed by atoms with E-state index in [1.165, 1.54) is 17.7 Å². The Morgan fingerprint density at radius 1 is 0.962 bits per heavy atom. The summed E-state index contributed by atoms with van der Waals surface area (Å²) in [6, 6.07) is 16.5. The normalized spacial score (nSPS) is 11.0. The van der Waals surface area contributed by atoms with Crippen LogP contribution in [0.1, 0.15) is 11.3 Å². The van der Waals surface area contributed by atoms with E-state index in [2.05, 4.69) is 22.2 Å². The van der Waals surface area contributed by atoms with Gasteiger partial charge in [-0.3, -0.25) is 0 Å². The lowest BCUT2D eigenvalue weighted by Gasteiger charge is -2.06. The van der Waals surface area contributed by atoms with Crippen LogP contribution < -0.4 is 4.74 Å². The summed E-state index contributed by atoms with van der Waals surface area (Å²) >= 11 is 0. The number of aryl methyl sites for hydroxylation is 2. The fraction of sp³-hybridized carbons (Fsp3) is 0.143. The number of benzene rings is 2. The molecule has 0 bridgehead atoms. The van der Waals surface area contributed by atoms with Gasteiger partial charge in [0.05, 0.1) is 13.3 Å². The molecule has 2 aromatic heterocycles. The first-order valence-corrected chi connectivity index (χ1v) is 8.45. The summed E-state index contributed by atoms with van der Waals surface area (Å²) in [5.41, 5.74) is 4.90. The molecule has 0 N–H and O–H groups in total. The summed E-state index contributed by atoms with van der Waals surface area (Å²) in [6.45, 7) is 0. The number of methoxy groups -OCH3 is 1. The zero-order chi connectivity index (χ0) is 17.9. The lowest BCUT2D eigenvalue weighted by atomic mass is 10.1. The Kier molecular flexibility index (Phi) is 4.35. The second-order valence-corrected chi connectivity index (χ2v) is 6.08. The average Bonchev–Trinajstić information content (AvgIpc) is 3.12. The Balaban J connectivity index is 1.61. The molecule has 26 heavy (non-hydrogen) atoms. The van der Waals surface area contributed by atoms with Crippen molar-refractivity contribution in [2.75, 3.05) is 7.11 Å². The molecule has 0 radical (unpaired) electrons. The Bertz CT molecular complexity index is 1020. The van der Waals surface area contributed by atoms with Gasteiger partial charge in [-0.15, -0.1) is 0 Å². The largest absolute Gasteiger partial charge is 0.497 e. The highest BCUT2D eigenvalue weighted by Crippen LogP contribution is 2.24. The summed E-state index contributed by atoms with van der Waals surface area (Å²) in [4.78, 5) is 4.47. The van der Waals surface area contributed by atoms with E-state index in [1.807, 2.05) is 22.7 Å². The highest BCUT2D eigenvalue weighted by molar-refractivity contribution is 5.76. The topological polar surface area (TPSA) is 39.4 Å². The van der Waals surface area contributed by atoms with Crippen LogP contribution in [0.4, 0.5) is 4.39 Å². The predicted molar refractivity (Wildman–Crippen MR) is 98.8 cm³/mol. The van der Waals surface area contributed by atoms with Crippen molar-refractivity contribution in [1.82, 2.24) is 14.6 Å². The molecular weight excluding hydrogens is 329 g/mol. The highest BCUT2D eigenvalue weighted by Gasteiger charge is 2.11. The molecule has 130 valence electrons. The first-order valence-electron chi connectivity index (χ1n) is 8.45. The van der Waals surface area contributed by atoms with Gasteiger partial charge < -0.3 is 4.74 Å². The lowest BCUT2D eigenvalue weighted by Crippen LogP contribution is -2.02. The molecule has 4 aromatic rings. The maximum Gasteiger partial charge on any atom is 0.163 e. The van der Waals surface area contributed by atoms with Crippen molar-refractivity contribution in [3.63, 3.8) is 0 Å². The van der Waals surface area contributed by atoms with Crippen molar-refractivity contribution in [1.29, 1.82) is 0 Å². The molecule has 0 aliphatic rings. The molecule has 0 aliphatic carbocycles. The standard InChI is InChI=1S/C21H18FN3O/c1-26-19-10-3-15(4-11-19)2-9-18-12-13-23-21-20(14-24-25(18)21)16-5-7-17(22)8-6-16/h3-8,10-14H,2,9H2,1H3. The van der Waals surface area contributed by atoms with Gasteiger partial charge in [0.25, 0.3) is 0 Å². The molecule has 2 heterocycles. The van der Waals surface area contributed by atoms with Crippen LogP contribution in [-0.4, -0.2) is 21.7 Å². The zero-order valence-electron chi connectivity index (χ0n) is 14.4. The van der Waals surface area contributed by atoms with Crippen LogP contribution in [0.15, 0.2) is 67.0 Å². The molecule has 4 nitrogen and oxygen atoms in total. The number of aromatic nitrogens is 3. The van der Waals surface area contributed by atoms with Crippen molar-refractivity contribution >= 4 is 5.65 Å². The fourth-order valence-corrected chi connectivity index (χ4v) is 3.03. The lowest BCUT2D eigenvalue weighted by molar-refractivity contribution is 0.414. The van der Waals surface area contributed by atoms with Crippen molar-refractivity contribution in [2.45, 2.75) is 12.8 Å². The molecule has 0 saturated heterocycles. The molecule has 0 saturated carbocycles. The van der Waals surface area contributed by atoms with Crippen LogP contribution in [0.2, 0.25) is 0 Å². The van der Waals surface area contributed by atoms with Gasteiger partial charge in [0.15, 0.2) is 5.65 Å². The Hall–Kier alpha value is -3.21. The Morgan fingerprint density at radius 3 is 2.46 bits per heavy atom. The van der Waals surface area contributed by atoms with Crippen molar-refractivity contribution < 1.29 is 9.13 Å². The summed E-state index contributed by atoms with van der Waals surface area (Å²) in [5, 5.41) is 4.50. The third-order valence-electron chi connectivity index (χ3n) is 4.46. The zero-order valence-corrected chi connectivity index (χ0v) is 14.4. The second-order valence-electron chi connectivity index (χ2n) is 6.08. The number of hydrogen-bond acceptors (Lipinski definition) is 3. The van der Waals surface area contributed by atoms with E-state index >= 15 is 0 Å². The summed E-state index contributed by atoms with van der Waals surface area (Å²) in [6.07, 6.45) is 5.32. The van der Waals surface area contributed by atoms with Gasteiger partial charge >= 0.3 is 0 Å². The smallest absolute Gasteiger partial charge is 0.163 e. The molecule has 0 fully saturated rings. The minimum Gasteiger partial charge on any atom is -0.497 e. The molecule has 2 aromatic carbocycles. The summed E-state index contributed by atoms with van der Waals surface area (Å²) in [7, 11) is 1.67. The van der Waals surface area contributed by atoms with Crippen molar-refractivity contribution in [3.8, 4) is 16.9 Å². The number of rotatable bonds is 5. The SMILES string of the molecule is COc1ccc(CCc2ccnc3c(-c4ccc(F)cc4)cnn23)cc1. The van der Waals surface area contributed by atoms with Crippen molar-refractivity contribution in [2.24, 2.45) is 0 Å². The number of ether oxygens (including phenoxy) is 1. The molecule has 0 unspecified atom stereocenters. The molecule has 0 atom stereocenters. The third kappa shape index (κ3) is 3.16. The maximum absolute atomic E-state index is 13.2. The summed E-state index contributed by atoms with van der Waals surface area (Å²) in [5.74, 6) is 0.606. The van der Waals surface area contributed by atoms with Crippen LogP contribution in [-0.2, 0) is 12.8 Å². The van der Waals surface area contributed by atoms with Crippen LogP contribution >= 0.6 is 0 Å². The van der Waals surface area contributed by atoms with Gasteiger partial charge in [-0.25, -0.2) is 13.9 Å². The highest BCUT2D eigenvalue weighted by atomic mass is 19.1. The van der Waals surface area contributed by atoms with E-state index < -0.39 is 0 Å². The average molecular weight is 347 g/mol. The van der Waals surface area contributed by atoms with E-state index in [0.717, 1.165) is 41.1 Å². The Labute approximate surface area is 150 Å². The third-order valence-corrected chi connectivity index (χ3v) is 4.46. The van der Waals surface area contributed by atoms with Gasteiger partial charge in [0.2, 0.25) is 0 Å². The summed E-state index contributed by atoms with van der Waals surface area (Å²) < 4.78 is 20.2. The number of halogens is 1. The molecule has 0 amide bonds. The van der Waals surface area contributed by atoms with Gasteiger partial charge in [-0.2, -0.15) is 5.10 Å². The molecule has 0 spiro atoms. The first kappa shape index (κ1) is 16.3. The number of fused-ring (bicyclic) bond motifs is 1. The quantitative estimate of drug-likeness (QED) is 0.539. The molecule has 0 aliphatic heterocycles. The monoisotopic (exact) mass is 347 g/mol. The fourth-order valence-electron chi connectivity index (χ4n) is 3.03. The van der Waals surface area contributed by atoms with Gasteiger partial charge in [0, 0.05) is 17.5 Å².